The topological polar surface area (TPSA) is 36.9 Å². The van der Waals surface area contributed by atoms with Crippen molar-refractivity contribution in [1.82, 2.24) is 0 Å². The maximum absolute atomic E-state index is 5.91. The second-order valence-electron chi connectivity index (χ2n) is 5.55. The predicted molar refractivity (Wildman–Crippen MR) is 92.4 cm³/mol. The van der Waals surface area contributed by atoms with Crippen LogP contribution in [0.1, 0.15) is 11.1 Å². The quantitative estimate of drug-likeness (QED) is 0.628. The van der Waals surface area contributed by atoms with Crippen LogP contribution in [0.25, 0.3) is 10.8 Å². The molecule has 0 aliphatic rings. The predicted octanol–water partition coefficient (Wildman–Crippen LogP) is 3.52. The van der Waals surface area contributed by atoms with Gasteiger partial charge in [0.1, 0.15) is 12.4 Å². The molecule has 0 radical (unpaired) electrons. The second-order valence-corrected chi connectivity index (χ2v) is 5.55. The molecule has 0 amide bonds. The molecule has 0 fully saturated rings. The van der Waals surface area contributed by atoms with E-state index in [1.807, 2.05) is 0 Å². The third-order valence-electron chi connectivity index (χ3n) is 3.51. The van der Waals surface area contributed by atoms with Crippen LogP contribution in [0.15, 0.2) is 30.3 Å². The van der Waals surface area contributed by atoms with Crippen molar-refractivity contribution in [3.63, 3.8) is 0 Å². The van der Waals surface area contributed by atoms with Crippen molar-refractivity contribution in [2.45, 2.75) is 13.8 Å². The van der Waals surface area contributed by atoms with E-state index in [4.69, 9.17) is 18.9 Å². The van der Waals surface area contributed by atoms with Crippen molar-refractivity contribution in [2.24, 2.45) is 0 Å². The Kier molecular flexibility index (Phi) is 7.33. The van der Waals surface area contributed by atoms with Crippen molar-refractivity contribution in [1.29, 1.82) is 0 Å². The number of methoxy groups -OCH3 is 1. The number of rotatable bonds is 10. The maximum Gasteiger partial charge on any atom is 0.127 e. The monoisotopic (exact) mass is 318 g/mol. The number of hydrogen-bond donors (Lipinski definition) is 0. The van der Waals surface area contributed by atoms with Gasteiger partial charge < -0.3 is 18.9 Å². The zero-order valence-corrected chi connectivity index (χ0v) is 14.3. The average molecular weight is 318 g/mol. The van der Waals surface area contributed by atoms with Crippen molar-refractivity contribution in [3.05, 3.63) is 41.5 Å². The fraction of sp³-hybridized carbons (Fsp3) is 0.474. The Bertz CT molecular complexity index is 610. The first-order valence-corrected chi connectivity index (χ1v) is 7.99. The summed E-state index contributed by atoms with van der Waals surface area (Å²) in [5.41, 5.74) is 2.43. The van der Waals surface area contributed by atoms with Gasteiger partial charge in [-0.1, -0.05) is 23.8 Å². The summed E-state index contributed by atoms with van der Waals surface area (Å²) < 4.78 is 21.7. The first kappa shape index (κ1) is 17.7. The van der Waals surface area contributed by atoms with Gasteiger partial charge in [-0.25, -0.2) is 0 Å². The molecule has 0 atom stereocenters. The van der Waals surface area contributed by atoms with Crippen molar-refractivity contribution < 1.29 is 18.9 Å². The minimum absolute atomic E-state index is 0.532. The Morgan fingerprint density at radius 1 is 0.739 bits per heavy atom. The normalized spacial score (nSPS) is 11.1. The van der Waals surface area contributed by atoms with Crippen molar-refractivity contribution in [2.75, 3.05) is 46.8 Å². The highest BCUT2D eigenvalue weighted by Crippen LogP contribution is 2.28. The number of hydrogen-bond acceptors (Lipinski definition) is 4. The molecule has 0 bridgehead atoms. The molecule has 0 saturated carbocycles. The molecule has 2 rings (SSSR count). The molecule has 4 heteroatoms. The lowest BCUT2D eigenvalue weighted by molar-refractivity contribution is 0.0181. The van der Waals surface area contributed by atoms with Gasteiger partial charge in [-0.05, 0) is 36.9 Å². The molecule has 2 aromatic carbocycles. The molecule has 0 spiro atoms. The highest BCUT2D eigenvalue weighted by Gasteiger charge is 2.04. The smallest absolute Gasteiger partial charge is 0.127 e. The zero-order valence-electron chi connectivity index (χ0n) is 14.3. The molecule has 0 aromatic heterocycles. The van der Waals surface area contributed by atoms with Gasteiger partial charge in [0.15, 0.2) is 0 Å². The highest BCUT2D eigenvalue weighted by atomic mass is 16.6. The molecule has 0 unspecified atom stereocenters. The zero-order chi connectivity index (χ0) is 16.5. The van der Waals surface area contributed by atoms with Gasteiger partial charge in [0.25, 0.3) is 0 Å². The van der Waals surface area contributed by atoms with Crippen LogP contribution >= 0.6 is 0 Å². The van der Waals surface area contributed by atoms with E-state index in [0.29, 0.717) is 39.6 Å². The van der Waals surface area contributed by atoms with E-state index in [9.17, 15) is 0 Å². The Balaban J connectivity index is 1.77. The molecule has 0 N–H and O–H groups in total. The Morgan fingerprint density at radius 3 is 2.17 bits per heavy atom. The fourth-order valence-corrected chi connectivity index (χ4v) is 2.38. The number of benzene rings is 2. The minimum Gasteiger partial charge on any atom is -0.491 e. The SMILES string of the molecule is COCCOCCOCCOc1cc(C)cc2ccc(C)cc12. The lowest BCUT2D eigenvalue weighted by atomic mass is 10.0. The summed E-state index contributed by atoms with van der Waals surface area (Å²) >= 11 is 0. The van der Waals surface area contributed by atoms with Gasteiger partial charge in [-0.3, -0.25) is 0 Å². The Hall–Kier alpha value is -1.62. The molecule has 126 valence electrons. The molecular formula is C19H26O4. The molecule has 23 heavy (non-hydrogen) atoms. The summed E-state index contributed by atoms with van der Waals surface area (Å²) in [5, 5.41) is 2.36. The molecule has 0 aliphatic carbocycles. The highest BCUT2D eigenvalue weighted by molar-refractivity contribution is 5.89. The van der Waals surface area contributed by atoms with E-state index >= 15 is 0 Å². The van der Waals surface area contributed by atoms with Crippen LogP contribution in [-0.2, 0) is 14.2 Å². The number of aryl methyl sites for hydroxylation is 2. The maximum atomic E-state index is 5.91. The fourth-order valence-electron chi connectivity index (χ4n) is 2.38. The van der Waals surface area contributed by atoms with Gasteiger partial charge in [0.2, 0.25) is 0 Å². The van der Waals surface area contributed by atoms with Crippen molar-refractivity contribution >= 4 is 10.8 Å². The molecule has 0 heterocycles. The van der Waals surface area contributed by atoms with Crippen LogP contribution in [-0.4, -0.2) is 46.8 Å². The van der Waals surface area contributed by atoms with E-state index in [1.165, 1.54) is 16.5 Å². The van der Waals surface area contributed by atoms with Gasteiger partial charge >= 0.3 is 0 Å². The van der Waals surface area contributed by atoms with Crippen LogP contribution in [0.2, 0.25) is 0 Å². The Labute approximate surface area is 138 Å². The summed E-state index contributed by atoms with van der Waals surface area (Å²) in [7, 11) is 1.66. The second kappa shape index (κ2) is 9.50. The standard InChI is InChI=1S/C19H26O4/c1-15-4-5-17-12-16(2)14-19(18(17)13-15)23-11-10-22-9-8-21-7-6-20-3/h4-5,12-14H,6-11H2,1-3H3. The Morgan fingerprint density at radius 2 is 1.43 bits per heavy atom. The number of fused-ring (bicyclic) bond motifs is 1. The summed E-state index contributed by atoms with van der Waals surface area (Å²) in [4.78, 5) is 0. The lowest BCUT2D eigenvalue weighted by Gasteiger charge is -2.12. The first-order valence-electron chi connectivity index (χ1n) is 7.99. The van der Waals surface area contributed by atoms with E-state index < -0.39 is 0 Å². The van der Waals surface area contributed by atoms with Crippen molar-refractivity contribution in [3.8, 4) is 5.75 Å². The first-order chi connectivity index (χ1) is 11.2. The van der Waals surface area contributed by atoms with E-state index in [-0.39, 0.29) is 0 Å². The van der Waals surface area contributed by atoms with E-state index in [1.54, 1.807) is 7.11 Å². The summed E-state index contributed by atoms with van der Waals surface area (Å²) in [6.07, 6.45) is 0. The van der Waals surface area contributed by atoms with Crippen LogP contribution in [0, 0.1) is 13.8 Å². The largest absolute Gasteiger partial charge is 0.491 e. The summed E-state index contributed by atoms with van der Waals surface area (Å²) in [6, 6.07) is 10.7. The minimum atomic E-state index is 0.532. The van der Waals surface area contributed by atoms with Gasteiger partial charge in [-0.15, -0.1) is 0 Å². The van der Waals surface area contributed by atoms with Crippen LogP contribution < -0.4 is 4.74 Å². The summed E-state index contributed by atoms with van der Waals surface area (Å²) in [6.45, 7) is 7.62. The molecule has 0 aliphatic heterocycles. The van der Waals surface area contributed by atoms with Gasteiger partial charge in [0, 0.05) is 12.5 Å². The lowest BCUT2D eigenvalue weighted by Crippen LogP contribution is -2.12. The molecule has 2 aromatic rings. The van der Waals surface area contributed by atoms with Crippen LogP contribution in [0.4, 0.5) is 0 Å². The molecule has 0 saturated heterocycles. The molecular weight excluding hydrogens is 292 g/mol. The average Bonchev–Trinajstić information content (AvgIpc) is 2.53. The molecule has 4 nitrogen and oxygen atoms in total. The van der Waals surface area contributed by atoms with Gasteiger partial charge in [0.05, 0.1) is 33.0 Å². The van der Waals surface area contributed by atoms with Crippen LogP contribution in [0.5, 0.6) is 5.75 Å². The summed E-state index contributed by atoms with van der Waals surface area (Å²) in [5.74, 6) is 0.920. The van der Waals surface area contributed by atoms with Gasteiger partial charge in [-0.2, -0.15) is 0 Å². The third-order valence-corrected chi connectivity index (χ3v) is 3.51. The van der Waals surface area contributed by atoms with Crippen LogP contribution in [0.3, 0.4) is 0 Å². The third kappa shape index (κ3) is 5.82. The number of ether oxygens (including phenoxy) is 4. The van der Waals surface area contributed by atoms with E-state index in [0.717, 1.165) is 11.1 Å². The van der Waals surface area contributed by atoms with E-state index in [2.05, 4.69) is 44.2 Å².